The lowest BCUT2D eigenvalue weighted by atomic mass is 9.70. The molecule has 2 fully saturated rings. The number of amides is 1. The normalized spacial score (nSPS) is 32.1. The number of carbonyl (C=O) groups excluding carboxylic acids is 1. The molecule has 4 heteroatoms. The number of furan rings is 1. The lowest BCUT2D eigenvalue weighted by Crippen LogP contribution is -2.34. The second-order valence-electron chi connectivity index (χ2n) is 6.88. The Morgan fingerprint density at radius 3 is 2.86 bits per heavy atom. The van der Waals surface area contributed by atoms with Gasteiger partial charge < -0.3 is 4.42 Å². The Morgan fingerprint density at radius 1 is 1.48 bits per heavy atom. The summed E-state index contributed by atoms with van der Waals surface area (Å²) in [6.07, 6.45) is 8.11. The summed E-state index contributed by atoms with van der Waals surface area (Å²) in [4.78, 5) is 11.8. The first kappa shape index (κ1) is 14.1. The molecule has 3 rings (SSSR count). The molecule has 1 aromatic heterocycles. The van der Waals surface area contributed by atoms with Crippen LogP contribution >= 0.6 is 0 Å². The van der Waals surface area contributed by atoms with Crippen LogP contribution in [0.3, 0.4) is 0 Å². The maximum atomic E-state index is 11.8. The van der Waals surface area contributed by atoms with E-state index >= 15 is 0 Å². The van der Waals surface area contributed by atoms with Crippen molar-refractivity contribution >= 4 is 17.7 Å². The fourth-order valence-corrected chi connectivity index (χ4v) is 3.80. The smallest absolute Gasteiger partial charge is 0.264 e. The SMILES string of the molecule is CC1(C)[C@H]2CC[C@@]1(C)/C(=N/NC(=O)/C=C/c1ccco1)C2. The molecule has 4 nitrogen and oxygen atoms in total. The molecule has 1 heterocycles. The molecule has 0 spiro atoms. The van der Waals surface area contributed by atoms with Crippen molar-refractivity contribution in [3.05, 3.63) is 30.2 Å². The van der Waals surface area contributed by atoms with Gasteiger partial charge in [-0.15, -0.1) is 0 Å². The highest BCUT2D eigenvalue weighted by Crippen LogP contribution is 2.63. The Bertz CT molecular complexity index is 598. The van der Waals surface area contributed by atoms with E-state index in [0.717, 1.165) is 12.1 Å². The summed E-state index contributed by atoms with van der Waals surface area (Å²) in [5.41, 5.74) is 4.20. The summed E-state index contributed by atoms with van der Waals surface area (Å²) in [6, 6.07) is 3.59. The van der Waals surface area contributed by atoms with E-state index in [1.807, 2.05) is 0 Å². The van der Waals surface area contributed by atoms with E-state index in [2.05, 4.69) is 31.3 Å². The molecule has 21 heavy (non-hydrogen) atoms. The third-order valence-corrected chi connectivity index (χ3v) is 5.76. The van der Waals surface area contributed by atoms with Gasteiger partial charge >= 0.3 is 0 Å². The predicted octanol–water partition coefficient (Wildman–Crippen LogP) is 3.61. The maximum Gasteiger partial charge on any atom is 0.264 e. The molecule has 112 valence electrons. The number of fused-ring (bicyclic) bond motifs is 2. The molecule has 0 radical (unpaired) electrons. The van der Waals surface area contributed by atoms with Gasteiger partial charge in [0.2, 0.25) is 0 Å². The summed E-state index contributed by atoms with van der Waals surface area (Å²) in [7, 11) is 0. The van der Waals surface area contributed by atoms with Crippen LogP contribution in [0.5, 0.6) is 0 Å². The fourth-order valence-electron chi connectivity index (χ4n) is 3.80. The van der Waals surface area contributed by atoms with Crippen molar-refractivity contribution in [3.63, 3.8) is 0 Å². The average Bonchev–Trinajstić information content (AvgIpc) is 3.08. The van der Waals surface area contributed by atoms with E-state index in [9.17, 15) is 4.79 Å². The first-order valence-corrected chi connectivity index (χ1v) is 7.52. The Labute approximate surface area is 125 Å². The fraction of sp³-hybridized carbons (Fsp3) is 0.529. The average molecular weight is 286 g/mol. The Morgan fingerprint density at radius 2 is 2.29 bits per heavy atom. The molecule has 0 aliphatic heterocycles. The van der Waals surface area contributed by atoms with Gasteiger partial charge in [0.1, 0.15) is 5.76 Å². The topological polar surface area (TPSA) is 54.6 Å². The number of hydrogen-bond acceptors (Lipinski definition) is 3. The highest BCUT2D eigenvalue weighted by molar-refractivity contribution is 5.97. The Kier molecular flexibility index (Phi) is 3.27. The molecule has 2 atom stereocenters. The highest BCUT2D eigenvalue weighted by atomic mass is 16.3. The molecule has 2 saturated carbocycles. The summed E-state index contributed by atoms with van der Waals surface area (Å²) in [6.45, 7) is 6.93. The van der Waals surface area contributed by atoms with Crippen LogP contribution in [0.15, 0.2) is 34.0 Å². The van der Waals surface area contributed by atoms with Crippen LogP contribution < -0.4 is 5.43 Å². The predicted molar refractivity (Wildman–Crippen MR) is 82.5 cm³/mol. The standard InChI is InChI=1S/C17H22N2O2/c1-16(2)12-8-9-17(16,3)14(11-12)18-19-15(20)7-6-13-5-4-10-21-13/h4-7,10,12H,8-9,11H2,1-3H3,(H,19,20)/b7-6+,18-14+/t12-,17-/m0/s1. The minimum Gasteiger partial charge on any atom is -0.465 e. The molecule has 2 aliphatic carbocycles. The first-order valence-electron chi connectivity index (χ1n) is 7.52. The lowest BCUT2D eigenvalue weighted by molar-refractivity contribution is -0.116. The van der Waals surface area contributed by atoms with Gasteiger partial charge in [0, 0.05) is 17.2 Å². The minimum atomic E-state index is -0.219. The van der Waals surface area contributed by atoms with Crippen molar-refractivity contribution in [2.75, 3.05) is 0 Å². The number of rotatable bonds is 3. The zero-order chi connectivity index (χ0) is 15.1. The van der Waals surface area contributed by atoms with Crippen LogP contribution in [0.2, 0.25) is 0 Å². The number of carbonyl (C=O) groups is 1. The second-order valence-corrected chi connectivity index (χ2v) is 6.88. The zero-order valence-corrected chi connectivity index (χ0v) is 12.8. The van der Waals surface area contributed by atoms with Crippen molar-refractivity contribution in [2.45, 2.75) is 40.0 Å². The highest BCUT2D eigenvalue weighted by Gasteiger charge is 2.59. The van der Waals surface area contributed by atoms with Crippen molar-refractivity contribution in [1.82, 2.24) is 5.43 Å². The molecular weight excluding hydrogens is 264 g/mol. The van der Waals surface area contributed by atoms with Crippen molar-refractivity contribution in [2.24, 2.45) is 21.8 Å². The molecule has 0 aromatic carbocycles. The van der Waals surface area contributed by atoms with Gasteiger partial charge in [-0.25, -0.2) is 5.43 Å². The molecular formula is C17H22N2O2. The minimum absolute atomic E-state index is 0.121. The van der Waals surface area contributed by atoms with Gasteiger partial charge in [0.15, 0.2) is 0 Å². The summed E-state index contributed by atoms with van der Waals surface area (Å²) in [5, 5.41) is 4.41. The number of nitrogens with one attached hydrogen (secondary N) is 1. The van der Waals surface area contributed by atoms with Gasteiger partial charge in [-0.2, -0.15) is 5.10 Å². The van der Waals surface area contributed by atoms with Crippen molar-refractivity contribution < 1.29 is 9.21 Å². The van der Waals surface area contributed by atoms with Gasteiger partial charge in [0.25, 0.3) is 5.91 Å². The van der Waals surface area contributed by atoms with Crippen LogP contribution in [-0.2, 0) is 4.79 Å². The largest absolute Gasteiger partial charge is 0.465 e. The monoisotopic (exact) mass is 286 g/mol. The van der Waals surface area contributed by atoms with E-state index in [0.29, 0.717) is 11.7 Å². The number of nitrogens with zero attached hydrogens (tertiary/aromatic N) is 1. The van der Waals surface area contributed by atoms with E-state index in [-0.39, 0.29) is 16.7 Å². The second kappa shape index (κ2) is 4.86. The number of hydrogen-bond donors (Lipinski definition) is 1. The number of hydrazone groups is 1. The van der Waals surface area contributed by atoms with E-state index in [1.54, 1.807) is 24.5 Å². The third kappa shape index (κ3) is 2.23. The molecule has 0 unspecified atom stereocenters. The molecule has 1 aromatic rings. The molecule has 2 bridgehead atoms. The molecule has 2 aliphatic rings. The van der Waals surface area contributed by atoms with E-state index in [4.69, 9.17) is 4.42 Å². The summed E-state index contributed by atoms with van der Waals surface area (Å²) < 4.78 is 5.14. The molecule has 0 saturated heterocycles. The van der Waals surface area contributed by atoms with Gasteiger partial charge in [-0.05, 0) is 48.8 Å². The van der Waals surface area contributed by atoms with Crippen LogP contribution in [-0.4, -0.2) is 11.6 Å². The third-order valence-electron chi connectivity index (χ3n) is 5.76. The van der Waals surface area contributed by atoms with Crippen LogP contribution in [0, 0.1) is 16.7 Å². The zero-order valence-electron chi connectivity index (χ0n) is 12.8. The van der Waals surface area contributed by atoms with Crippen LogP contribution in [0.4, 0.5) is 0 Å². The Hall–Kier alpha value is -1.84. The van der Waals surface area contributed by atoms with Crippen LogP contribution in [0.25, 0.3) is 6.08 Å². The maximum absolute atomic E-state index is 11.8. The molecule has 1 N–H and O–H groups in total. The lowest BCUT2D eigenvalue weighted by Gasteiger charge is -2.34. The van der Waals surface area contributed by atoms with Gasteiger partial charge in [-0.1, -0.05) is 20.8 Å². The van der Waals surface area contributed by atoms with E-state index in [1.165, 1.54) is 18.9 Å². The summed E-state index contributed by atoms with van der Waals surface area (Å²) >= 11 is 0. The van der Waals surface area contributed by atoms with Crippen molar-refractivity contribution in [1.29, 1.82) is 0 Å². The summed E-state index contributed by atoms with van der Waals surface area (Å²) in [5.74, 6) is 1.13. The molecule has 1 amide bonds. The van der Waals surface area contributed by atoms with Crippen molar-refractivity contribution in [3.8, 4) is 0 Å². The van der Waals surface area contributed by atoms with Gasteiger partial charge in [-0.3, -0.25) is 4.79 Å². The van der Waals surface area contributed by atoms with Gasteiger partial charge in [0.05, 0.1) is 6.26 Å². The first-order chi connectivity index (χ1) is 9.93. The Balaban J connectivity index is 1.66. The van der Waals surface area contributed by atoms with Crippen LogP contribution in [0.1, 0.15) is 45.8 Å². The quantitative estimate of drug-likeness (QED) is 0.681. The van der Waals surface area contributed by atoms with E-state index < -0.39 is 0 Å².